The monoisotopic (exact) mass is 761 g/mol. The molecular weight excluding hydrogens is 731 g/mol. The van der Waals surface area contributed by atoms with E-state index in [1.54, 1.807) is 0 Å². The van der Waals surface area contributed by atoms with Gasteiger partial charge in [-0.05, 0) is 81.4 Å². The van der Waals surface area contributed by atoms with Crippen LogP contribution in [0.1, 0.15) is 22.3 Å². The van der Waals surface area contributed by atoms with Crippen LogP contribution in [0.4, 0.5) is 0 Å². The van der Waals surface area contributed by atoms with Crippen LogP contribution in [0.25, 0.3) is 78.4 Å². The molecule has 0 fully saturated rings. The summed E-state index contributed by atoms with van der Waals surface area (Å²) >= 11 is 0. The van der Waals surface area contributed by atoms with Gasteiger partial charge in [0, 0.05) is 42.8 Å². The van der Waals surface area contributed by atoms with Crippen molar-refractivity contribution in [1.29, 1.82) is 0 Å². The average Bonchev–Trinajstić information content (AvgIpc) is 3.93. The van der Waals surface area contributed by atoms with E-state index >= 15 is 0 Å². The molecule has 2 aliphatic carbocycles. The molecule has 58 heavy (non-hydrogen) atoms. The molecule has 10 aromatic rings. The van der Waals surface area contributed by atoms with Crippen LogP contribution in [0.2, 0.25) is 0 Å². The minimum atomic E-state index is -1.35. The number of benzene rings is 8. The molecule has 0 saturated heterocycles. The van der Waals surface area contributed by atoms with E-state index in [2.05, 4.69) is 78.9 Å². The Labute approximate surface area is 336 Å². The first-order valence-electron chi connectivity index (χ1n) is 19.3. The molecular formula is C52H31N3O2S. The quantitative estimate of drug-likeness (QED) is 0.175. The molecule has 2 aliphatic rings. The van der Waals surface area contributed by atoms with E-state index in [9.17, 15) is 4.21 Å². The van der Waals surface area contributed by atoms with Gasteiger partial charge in [-0.15, -0.1) is 0 Å². The molecule has 0 bridgehead atoms. The Kier molecular flexibility index (Phi) is 7.16. The van der Waals surface area contributed by atoms with Crippen molar-refractivity contribution in [2.45, 2.75) is 15.2 Å². The van der Waals surface area contributed by atoms with Crippen LogP contribution in [0.5, 0.6) is 0 Å². The third-order valence-corrected chi connectivity index (χ3v) is 13.2. The Balaban J connectivity index is 1.07. The van der Waals surface area contributed by atoms with E-state index in [4.69, 9.17) is 19.4 Å². The second-order valence-corrected chi connectivity index (χ2v) is 16.3. The van der Waals surface area contributed by atoms with Crippen LogP contribution < -0.4 is 0 Å². The summed E-state index contributed by atoms with van der Waals surface area (Å²) in [5.74, 6) is 1.83. The van der Waals surface area contributed by atoms with E-state index in [1.165, 1.54) is 16.7 Å². The predicted octanol–water partition coefficient (Wildman–Crippen LogP) is 12.3. The van der Waals surface area contributed by atoms with Gasteiger partial charge in [-0.3, -0.25) is 0 Å². The Bertz CT molecular complexity index is 3250. The summed E-state index contributed by atoms with van der Waals surface area (Å²) in [5, 5.41) is 2.01. The minimum Gasteiger partial charge on any atom is -0.455 e. The van der Waals surface area contributed by atoms with Gasteiger partial charge in [-0.25, -0.2) is 19.2 Å². The van der Waals surface area contributed by atoms with Crippen molar-refractivity contribution in [3.05, 3.63) is 210 Å². The lowest BCUT2D eigenvalue weighted by molar-refractivity contribution is 0.669. The second kappa shape index (κ2) is 12.6. The fourth-order valence-electron chi connectivity index (χ4n) is 9.30. The highest BCUT2D eigenvalue weighted by Crippen LogP contribution is 2.64. The van der Waals surface area contributed by atoms with E-state index in [1.807, 2.05) is 109 Å². The summed E-state index contributed by atoms with van der Waals surface area (Å²) in [6.45, 7) is 0. The normalized spacial score (nSPS) is 15.3. The number of aromatic nitrogens is 3. The maximum atomic E-state index is 14.1. The van der Waals surface area contributed by atoms with E-state index in [-0.39, 0.29) is 0 Å². The highest BCUT2D eigenvalue weighted by atomic mass is 32.2. The summed E-state index contributed by atoms with van der Waals surface area (Å²) in [5.41, 5.74) is 13.0. The number of hydrogen-bond donors (Lipinski definition) is 0. The van der Waals surface area contributed by atoms with Crippen LogP contribution >= 0.6 is 0 Å². The van der Waals surface area contributed by atoms with Crippen molar-refractivity contribution in [3.8, 4) is 56.4 Å². The van der Waals surface area contributed by atoms with Crippen molar-refractivity contribution in [3.63, 3.8) is 0 Å². The van der Waals surface area contributed by atoms with E-state index < -0.39 is 16.2 Å². The van der Waals surface area contributed by atoms with Crippen LogP contribution in [-0.4, -0.2) is 19.2 Å². The number of hydrogen-bond acceptors (Lipinski definition) is 5. The topological polar surface area (TPSA) is 68.9 Å². The molecule has 0 radical (unpaired) electrons. The molecule has 2 atom stereocenters. The Morgan fingerprint density at radius 2 is 0.983 bits per heavy atom. The van der Waals surface area contributed by atoms with Gasteiger partial charge in [0.15, 0.2) is 17.5 Å². The molecule has 5 nitrogen and oxygen atoms in total. The zero-order valence-electron chi connectivity index (χ0n) is 31.0. The molecule has 0 N–H and O–H groups in total. The van der Waals surface area contributed by atoms with Crippen LogP contribution in [0, 0.1) is 0 Å². The zero-order valence-corrected chi connectivity index (χ0v) is 31.8. The average molecular weight is 762 g/mol. The van der Waals surface area contributed by atoms with Gasteiger partial charge >= 0.3 is 0 Å². The Morgan fingerprint density at radius 1 is 0.414 bits per heavy atom. The van der Waals surface area contributed by atoms with Crippen LogP contribution in [-0.2, 0) is 16.2 Å². The molecule has 0 amide bonds. The SMILES string of the molecule is O=S(c1ccccc1)c1ccc2c(c1)C1(c3ccccc3-2)c2ccccc2-c2c1ccc1c2oc2ccc(-c3nc(-c4ccccc4)nc(-c4ccccc4)n3)cc21. The maximum Gasteiger partial charge on any atom is 0.164 e. The summed E-state index contributed by atoms with van der Waals surface area (Å²) in [4.78, 5) is 16.5. The number of furan rings is 1. The molecule has 272 valence electrons. The molecule has 2 unspecified atom stereocenters. The van der Waals surface area contributed by atoms with Crippen molar-refractivity contribution in [2.75, 3.05) is 0 Å². The maximum absolute atomic E-state index is 14.1. The summed E-state index contributed by atoms with van der Waals surface area (Å²) in [7, 11) is -1.35. The molecule has 1 spiro atoms. The first-order chi connectivity index (χ1) is 28.7. The van der Waals surface area contributed by atoms with Crippen LogP contribution in [0.15, 0.2) is 202 Å². The van der Waals surface area contributed by atoms with E-state index in [0.717, 1.165) is 76.2 Å². The van der Waals surface area contributed by atoms with Gasteiger partial charge in [0.05, 0.1) is 16.2 Å². The second-order valence-electron chi connectivity index (χ2n) is 14.8. The van der Waals surface area contributed by atoms with Gasteiger partial charge in [-0.2, -0.15) is 0 Å². The summed E-state index contributed by atoms with van der Waals surface area (Å²) in [6.07, 6.45) is 0. The van der Waals surface area contributed by atoms with E-state index in [0.29, 0.717) is 17.5 Å². The standard InChI is InChI=1S/C52H31N3O2S/c56-58(35-18-8-3-9-19-35)36-25-26-38-37-20-10-12-22-42(37)52(45(38)31-36)43-23-13-11-21-40(43)47-44(52)28-27-39-41-30-34(24-29-46(41)57-48(39)47)51-54-49(32-14-4-1-5-15-32)53-50(55-51)33-16-6-2-7-17-33/h1-31H. The number of rotatable bonds is 5. The lowest BCUT2D eigenvalue weighted by Crippen LogP contribution is -2.26. The predicted molar refractivity (Wildman–Crippen MR) is 231 cm³/mol. The van der Waals surface area contributed by atoms with Crippen molar-refractivity contribution < 1.29 is 8.63 Å². The molecule has 12 rings (SSSR count). The zero-order chi connectivity index (χ0) is 38.4. The molecule has 2 heterocycles. The molecule has 8 aromatic carbocycles. The summed E-state index contributed by atoms with van der Waals surface area (Å²) < 4.78 is 21.0. The number of fused-ring (bicyclic) bond motifs is 14. The molecule has 2 aromatic heterocycles. The van der Waals surface area contributed by atoms with Gasteiger partial charge in [0.2, 0.25) is 0 Å². The molecule has 6 heteroatoms. The Hall–Kier alpha value is -7.28. The molecule has 0 aliphatic heterocycles. The first-order valence-corrected chi connectivity index (χ1v) is 20.5. The highest BCUT2D eigenvalue weighted by molar-refractivity contribution is 7.85. The van der Waals surface area contributed by atoms with Gasteiger partial charge < -0.3 is 4.42 Å². The van der Waals surface area contributed by atoms with Crippen molar-refractivity contribution in [2.24, 2.45) is 0 Å². The fourth-order valence-corrected chi connectivity index (χ4v) is 10.4. The highest BCUT2D eigenvalue weighted by Gasteiger charge is 2.52. The Morgan fingerprint density at radius 3 is 1.67 bits per heavy atom. The third kappa shape index (κ3) is 4.70. The largest absolute Gasteiger partial charge is 0.455 e. The van der Waals surface area contributed by atoms with Gasteiger partial charge in [0.25, 0.3) is 0 Å². The fraction of sp³-hybridized carbons (Fsp3) is 0.0192. The van der Waals surface area contributed by atoms with Crippen LogP contribution in [0.3, 0.4) is 0 Å². The number of nitrogens with zero attached hydrogens (tertiary/aromatic N) is 3. The molecule has 0 saturated carbocycles. The lowest BCUT2D eigenvalue weighted by atomic mass is 9.70. The van der Waals surface area contributed by atoms with Crippen molar-refractivity contribution >= 4 is 32.7 Å². The van der Waals surface area contributed by atoms with Gasteiger partial charge in [-0.1, -0.05) is 146 Å². The summed E-state index contributed by atoms with van der Waals surface area (Å²) in [6, 6.07) is 64.3. The smallest absolute Gasteiger partial charge is 0.164 e. The lowest BCUT2D eigenvalue weighted by Gasteiger charge is -2.30. The minimum absolute atomic E-state index is 0.595. The van der Waals surface area contributed by atoms with Gasteiger partial charge in [0.1, 0.15) is 11.2 Å². The third-order valence-electron chi connectivity index (χ3n) is 11.8. The first kappa shape index (κ1) is 32.9. The van der Waals surface area contributed by atoms with Crippen molar-refractivity contribution in [1.82, 2.24) is 15.0 Å².